The Morgan fingerprint density at radius 2 is 1.77 bits per heavy atom. The van der Waals surface area contributed by atoms with E-state index in [0.29, 0.717) is 0 Å². The first kappa shape index (κ1) is 17.1. The topological polar surface area (TPSA) is 18.5 Å². The summed E-state index contributed by atoms with van der Waals surface area (Å²) in [7, 11) is 0. The fourth-order valence-corrected chi connectivity index (χ4v) is 2.86. The highest BCUT2D eigenvalue weighted by molar-refractivity contribution is 5.46. The number of benzene rings is 1. The van der Waals surface area contributed by atoms with Crippen molar-refractivity contribution in [2.75, 3.05) is 13.2 Å². The summed E-state index contributed by atoms with van der Waals surface area (Å²) >= 11 is 0. The molecule has 1 aromatic carbocycles. The van der Waals surface area contributed by atoms with Crippen LogP contribution in [0.1, 0.15) is 69.6 Å². The minimum atomic E-state index is 0.0970. The van der Waals surface area contributed by atoms with Gasteiger partial charge in [0, 0.05) is 12.2 Å². The van der Waals surface area contributed by atoms with Gasteiger partial charge in [-0.1, -0.05) is 63.8 Å². The van der Waals surface area contributed by atoms with Gasteiger partial charge in [0.05, 0.1) is 6.61 Å². The highest BCUT2D eigenvalue weighted by Crippen LogP contribution is 2.34. The molecule has 0 saturated heterocycles. The predicted octanol–water partition coefficient (Wildman–Crippen LogP) is 5.62. The van der Waals surface area contributed by atoms with Crippen LogP contribution in [0.4, 0.5) is 0 Å². The number of allylic oxidation sites excluding steroid dienone is 1. The van der Waals surface area contributed by atoms with Gasteiger partial charge in [-0.25, -0.2) is 0 Å². The maximum absolute atomic E-state index is 6.07. The summed E-state index contributed by atoms with van der Waals surface area (Å²) in [5, 5.41) is 0. The van der Waals surface area contributed by atoms with E-state index >= 15 is 0 Å². The highest BCUT2D eigenvalue weighted by Gasteiger charge is 2.19. The van der Waals surface area contributed by atoms with E-state index < -0.39 is 0 Å². The number of ether oxygens (including phenoxy) is 2. The van der Waals surface area contributed by atoms with Crippen LogP contribution in [0.15, 0.2) is 30.4 Å². The lowest BCUT2D eigenvalue weighted by molar-refractivity contribution is 0.0801. The minimum Gasteiger partial charge on any atom is -0.493 e. The molecule has 0 radical (unpaired) electrons. The van der Waals surface area contributed by atoms with Crippen molar-refractivity contribution in [3.8, 4) is 5.75 Å². The zero-order valence-corrected chi connectivity index (χ0v) is 14.1. The van der Waals surface area contributed by atoms with E-state index in [1.807, 2.05) is 0 Å². The Morgan fingerprint density at radius 3 is 2.55 bits per heavy atom. The molecule has 0 amide bonds. The first-order chi connectivity index (χ1) is 10.9. The summed E-state index contributed by atoms with van der Waals surface area (Å²) in [5.74, 6) is 1.04. The summed E-state index contributed by atoms with van der Waals surface area (Å²) in [6.07, 6.45) is 12.7. The van der Waals surface area contributed by atoms with Crippen molar-refractivity contribution in [1.29, 1.82) is 0 Å². The van der Waals surface area contributed by atoms with E-state index in [2.05, 4.69) is 44.2 Å². The molecule has 2 heteroatoms. The third kappa shape index (κ3) is 4.88. The zero-order valence-electron chi connectivity index (χ0n) is 14.1. The lowest BCUT2D eigenvalue weighted by Crippen LogP contribution is -2.11. The van der Waals surface area contributed by atoms with Gasteiger partial charge in [-0.2, -0.15) is 0 Å². The molecule has 1 atom stereocenters. The Bertz CT molecular complexity index is 465. The molecule has 1 unspecified atom stereocenters. The van der Waals surface area contributed by atoms with Crippen LogP contribution >= 0.6 is 0 Å². The minimum absolute atomic E-state index is 0.0970. The van der Waals surface area contributed by atoms with Crippen LogP contribution in [0, 0.1) is 0 Å². The van der Waals surface area contributed by atoms with Crippen molar-refractivity contribution >= 4 is 0 Å². The Balaban J connectivity index is 1.96. The van der Waals surface area contributed by atoms with E-state index in [0.717, 1.165) is 38.2 Å². The van der Waals surface area contributed by atoms with E-state index in [-0.39, 0.29) is 6.10 Å². The SMILES string of the molecule is CCCCCOc1cccc2c1CC=CC2OCCCCC. The molecule has 1 aromatic rings. The van der Waals surface area contributed by atoms with Crippen molar-refractivity contribution in [2.45, 2.75) is 64.9 Å². The molecule has 22 heavy (non-hydrogen) atoms. The Kier molecular flexibility index (Phi) is 7.51. The molecule has 0 heterocycles. The number of hydrogen-bond donors (Lipinski definition) is 0. The summed E-state index contributed by atoms with van der Waals surface area (Å²) in [6, 6.07) is 6.37. The van der Waals surface area contributed by atoms with Crippen molar-refractivity contribution in [1.82, 2.24) is 0 Å². The highest BCUT2D eigenvalue weighted by atomic mass is 16.5. The van der Waals surface area contributed by atoms with Gasteiger partial charge in [0.1, 0.15) is 11.9 Å². The molecular formula is C20H30O2. The molecule has 122 valence electrons. The molecule has 0 aromatic heterocycles. The average Bonchev–Trinajstić information content (AvgIpc) is 2.56. The third-order valence-electron chi connectivity index (χ3n) is 4.16. The number of rotatable bonds is 10. The Morgan fingerprint density at radius 1 is 1.00 bits per heavy atom. The largest absolute Gasteiger partial charge is 0.493 e. The first-order valence-corrected chi connectivity index (χ1v) is 8.89. The Labute approximate surface area is 135 Å². The zero-order chi connectivity index (χ0) is 15.6. The van der Waals surface area contributed by atoms with E-state index in [1.165, 1.54) is 36.8 Å². The molecule has 2 rings (SSSR count). The molecular weight excluding hydrogens is 272 g/mol. The van der Waals surface area contributed by atoms with Gasteiger partial charge in [0.25, 0.3) is 0 Å². The van der Waals surface area contributed by atoms with Gasteiger partial charge < -0.3 is 9.47 Å². The lowest BCUT2D eigenvalue weighted by Gasteiger charge is -2.23. The summed E-state index contributed by atoms with van der Waals surface area (Å²) in [4.78, 5) is 0. The molecule has 0 saturated carbocycles. The van der Waals surface area contributed by atoms with Gasteiger partial charge in [-0.05, 0) is 30.9 Å². The lowest BCUT2D eigenvalue weighted by atomic mass is 9.93. The molecule has 0 aliphatic heterocycles. The monoisotopic (exact) mass is 302 g/mol. The molecule has 1 aliphatic carbocycles. The van der Waals surface area contributed by atoms with Crippen LogP contribution in [0.5, 0.6) is 5.75 Å². The molecule has 0 fully saturated rings. The first-order valence-electron chi connectivity index (χ1n) is 8.89. The third-order valence-corrected chi connectivity index (χ3v) is 4.16. The summed E-state index contributed by atoms with van der Waals surface area (Å²) in [5.41, 5.74) is 2.59. The van der Waals surface area contributed by atoms with Crippen molar-refractivity contribution in [3.63, 3.8) is 0 Å². The number of hydrogen-bond acceptors (Lipinski definition) is 2. The fourth-order valence-electron chi connectivity index (χ4n) is 2.86. The van der Waals surface area contributed by atoms with Gasteiger partial charge >= 0.3 is 0 Å². The van der Waals surface area contributed by atoms with Crippen LogP contribution < -0.4 is 4.74 Å². The molecule has 2 nitrogen and oxygen atoms in total. The van der Waals surface area contributed by atoms with Crippen LogP contribution in [0.3, 0.4) is 0 Å². The fraction of sp³-hybridized carbons (Fsp3) is 0.600. The standard InChI is InChI=1S/C20H30O2/c1-3-5-7-15-21-19-13-9-12-18-17(19)11-10-14-20(18)22-16-8-6-4-2/h9-11,13-14,19H,3-8,12,15-16H2,1-2H3. The van der Waals surface area contributed by atoms with Gasteiger partial charge in [0.15, 0.2) is 0 Å². The average molecular weight is 302 g/mol. The number of fused-ring (bicyclic) bond motifs is 1. The van der Waals surface area contributed by atoms with Crippen molar-refractivity contribution in [2.24, 2.45) is 0 Å². The second-order valence-corrected chi connectivity index (χ2v) is 6.01. The normalized spacial score (nSPS) is 16.5. The van der Waals surface area contributed by atoms with Crippen LogP contribution in [-0.4, -0.2) is 13.2 Å². The maximum Gasteiger partial charge on any atom is 0.123 e. The second-order valence-electron chi connectivity index (χ2n) is 6.01. The number of unbranched alkanes of at least 4 members (excludes halogenated alkanes) is 4. The predicted molar refractivity (Wildman–Crippen MR) is 92.5 cm³/mol. The second kappa shape index (κ2) is 9.68. The molecule has 1 aliphatic rings. The van der Waals surface area contributed by atoms with E-state index in [4.69, 9.17) is 9.47 Å². The smallest absolute Gasteiger partial charge is 0.123 e. The van der Waals surface area contributed by atoms with E-state index in [1.54, 1.807) is 0 Å². The van der Waals surface area contributed by atoms with Gasteiger partial charge in [-0.15, -0.1) is 0 Å². The molecule has 0 spiro atoms. The van der Waals surface area contributed by atoms with Crippen LogP contribution in [0.25, 0.3) is 0 Å². The Hall–Kier alpha value is -1.28. The molecule has 0 N–H and O–H groups in total. The van der Waals surface area contributed by atoms with Gasteiger partial charge in [0.2, 0.25) is 0 Å². The maximum atomic E-state index is 6.07. The van der Waals surface area contributed by atoms with Crippen LogP contribution in [0.2, 0.25) is 0 Å². The van der Waals surface area contributed by atoms with Gasteiger partial charge in [-0.3, -0.25) is 0 Å². The van der Waals surface area contributed by atoms with Crippen LogP contribution in [-0.2, 0) is 11.2 Å². The molecule has 0 bridgehead atoms. The van der Waals surface area contributed by atoms with Crippen molar-refractivity contribution < 1.29 is 9.47 Å². The van der Waals surface area contributed by atoms with Crippen molar-refractivity contribution in [3.05, 3.63) is 41.5 Å². The summed E-state index contributed by atoms with van der Waals surface area (Å²) < 4.78 is 12.1. The van der Waals surface area contributed by atoms with E-state index in [9.17, 15) is 0 Å². The quantitative estimate of drug-likeness (QED) is 0.413. The summed E-state index contributed by atoms with van der Waals surface area (Å²) in [6.45, 7) is 6.09.